The first-order chi connectivity index (χ1) is 12.1. The number of nitrogens with zero attached hydrogens (tertiary/aromatic N) is 2. The quantitative estimate of drug-likeness (QED) is 0.611. The molecule has 5 nitrogen and oxygen atoms in total. The molecule has 25 heavy (non-hydrogen) atoms. The third kappa shape index (κ3) is 5.06. The highest BCUT2D eigenvalue weighted by Gasteiger charge is 2.05. The number of amides is 1. The Labute approximate surface area is 155 Å². The standard InChI is InChI=1S/C19H20BrN3O2/c1-14-4-2-5-17(10-14)25-9-3-6-19(24)21-11-16-13-23-12-15(20)7-8-18(23)22-16/h2,4-5,7-8,10,12-13H,3,6,9,11H2,1H3,(H,21,24). The van der Waals surface area contributed by atoms with Crippen LogP contribution in [0, 0.1) is 6.92 Å². The van der Waals surface area contributed by atoms with E-state index in [1.807, 2.05) is 60.1 Å². The van der Waals surface area contributed by atoms with Gasteiger partial charge < -0.3 is 14.5 Å². The third-order valence-electron chi connectivity index (χ3n) is 3.74. The number of aryl methyl sites for hydroxylation is 1. The maximum Gasteiger partial charge on any atom is 0.220 e. The van der Waals surface area contributed by atoms with Crippen LogP contribution in [-0.2, 0) is 11.3 Å². The number of hydrogen-bond donors (Lipinski definition) is 1. The molecule has 2 aromatic heterocycles. The van der Waals surface area contributed by atoms with Crippen molar-refractivity contribution in [1.82, 2.24) is 14.7 Å². The zero-order chi connectivity index (χ0) is 17.6. The number of ether oxygens (including phenoxy) is 1. The first-order valence-corrected chi connectivity index (χ1v) is 8.99. The number of rotatable bonds is 7. The lowest BCUT2D eigenvalue weighted by Gasteiger charge is -2.07. The first-order valence-electron chi connectivity index (χ1n) is 8.19. The van der Waals surface area contributed by atoms with Gasteiger partial charge in [0.05, 0.1) is 18.8 Å². The third-order valence-corrected chi connectivity index (χ3v) is 4.21. The van der Waals surface area contributed by atoms with Crippen LogP contribution in [0.25, 0.3) is 5.65 Å². The van der Waals surface area contributed by atoms with E-state index in [0.29, 0.717) is 26.0 Å². The fourth-order valence-corrected chi connectivity index (χ4v) is 2.86. The van der Waals surface area contributed by atoms with Gasteiger partial charge in [-0.1, -0.05) is 12.1 Å². The molecule has 0 spiro atoms. The van der Waals surface area contributed by atoms with Gasteiger partial charge in [-0.25, -0.2) is 4.98 Å². The van der Waals surface area contributed by atoms with E-state index in [1.165, 1.54) is 0 Å². The monoisotopic (exact) mass is 401 g/mol. The average Bonchev–Trinajstić information content (AvgIpc) is 2.99. The van der Waals surface area contributed by atoms with E-state index in [4.69, 9.17) is 4.74 Å². The Morgan fingerprint density at radius 1 is 1.28 bits per heavy atom. The van der Waals surface area contributed by atoms with Crippen LogP contribution in [0.4, 0.5) is 0 Å². The molecular formula is C19H20BrN3O2. The minimum atomic E-state index is 0.00563. The second-order valence-corrected chi connectivity index (χ2v) is 6.81. The highest BCUT2D eigenvalue weighted by atomic mass is 79.9. The number of carbonyl (C=O) groups is 1. The molecule has 0 bridgehead atoms. The summed E-state index contributed by atoms with van der Waals surface area (Å²) in [5, 5.41) is 2.90. The lowest BCUT2D eigenvalue weighted by Crippen LogP contribution is -2.23. The fraction of sp³-hybridized carbons (Fsp3) is 0.263. The Morgan fingerprint density at radius 3 is 3.00 bits per heavy atom. The molecule has 0 saturated carbocycles. The number of nitrogens with one attached hydrogen (secondary N) is 1. The lowest BCUT2D eigenvalue weighted by molar-refractivity contribution is -0.121. The van der Waals surface area contributed by atoms with E-state index in [0.717, 1.165) is 27.1 Å². The van der Waals surface area contributed by atoms with Crippen LogP contribution in [0.15, 0.2) is 53.3 Å². The van der Waals surface area contributed by atoms with Crippen molar-refractivity contribution in [3.05, 3.63) is 64.5 Å². The second-order valence-electron chi connectivity index (χ2n) is 5.89. The summed E-state index contributed by atoms with van der Waals surface area (Å²) in [6.07, 6.45) is 4.97. The zero-order valence-electron chi connectivity index (χ0n) is 14.0. The summed E-state index contributed by atoms with van der Waals surface area (Å²) in [6.45, 7) is 2.98. The minimum absolute atomic E-state index is 0.00563. The van der Waals surface area contributed by atoms with Crippen LogP contribution < -0.4 is 10.1 Å². The van der Waals surface area contributed by atoms with Crippen molar-refractivity contribution in [2.24, 2.45) is 0 Å². The van der Waals surface area contributed by atoms with Gasteiger partial charge in [0.1, 0.15) is 11.4 Å². The number of halogens is 1. The Morgan fingerprint density at radius 2 is 2.16 bits per heavy atom. The van der Waals surface area contributed by atoms with E-state index in [9.17, 15) is 4.79 Å². The van der Waals surface area contributed by atoms with Crippen LogP contribution in [0.3, 0.4) is 0 Å². The summed E-state index contributed by atoms with van der Waals surface area (Å²) in [5.74, 6) is 0.849. The normalized spacial score (nSPS) is 10.8. The molecule has 2 heterocycles. The van der Waals surface area contributed by atoms with Gasteiger partial charge in [-0.3, -0.25) is 4.79 Å². The summed E-state index contributed by atoms with van der Waals surface area (Å²) in [4.78, 5) is 16.4. The number of fused-ring (bicyclic) bond motifs is 1. The summed E-state index contributed by atoms with van der Waals surface area (Å²) >= 11 is 3.43. The number of carbonyl (C=O) groups excluding carboxylic acids is 1. The van der Waals surface area contributed by atoms with Gasteiger partial charge in [-0.15, -0.1) is 0 Å². The van der Waals surface area contributed by atoms with Crippen LogP contribution >= 0.6 is 15.9 Å². The predicted molar refractivity (Wildman–Crippen MR) is 101 cm³/mol. The number of aromatic nitrogens is 2. The number of imidazole rings is 1. The van der Waals surface area contributed by atoms with Crippen LogP contribution in [-0.4, -0.2) is 21.9 Å². The predicted octanol–water partition coefficient (Wildman–Crippen LogP) is 3.88. The Hall–Kier alpha value is -2.34. The molecule has 0 unspecified atom stereocenters. The van der Waals surface area contributed by atoms with Crippen molar-refractivity contribution >= 4 is 27.5 Å². The number of hydrogen-bond acceptors (Lipinski definition) is 3. The molecule has 0 aliphatic heterocycles. The Balaban J connectivity index is 1.40. The summed E-state index contributed by atoms with van der Waals surface area (Å²) < 4.78 is 8.57. The van der Waals surface area contributed by atoms with E-state index in [-0.39, 0.29) is 5.91 Å². The maximum atomic E-state index is 11.9. The van der Waals surface area contributed by atoms with Crippen LogP contribution in [0.2, 0.25) is 0 Å². The zero-order valence-corrected chi connectivity index (χ0v) is 15.6. The topological polar surface area (TPSA) is 55.6 Å². The molecule has 1 aromatic carbocycles. The molecule has 0 radical (unpaired) electrons. The maximum absolute atomic E-state index is 11.9. The minimum Gasteiger partial charge on any atom is -0.494 e. The van der Waals surface area contributed by atoms with E-state index < -0.39 is 0 Å². The molecule has 1 N–H and O–H groups in total. The van der Waals surface area contributed by atoms with Crippen molar-refractivity contribution in [2.75, 3.05) is 6.61 Å². The van der Waals surface area contributed by atoms with Crippen LogP contribution in [0.5, 0.6) is 5.75 Å². The summed E-state index contributed by atoms with van der Waals surface area (Å²) in [7, 11) is 0. The van der Waals surface area contributed by atoms with Crippen LogP contribution in [0.1, 0.15) is 24.1 Å². The van der Waals surface area contributed by atoms with Crippen molar-refractivity contribution in [3.63, 3.8) is 0 Å². The van der Waals surface area contributed by atoms with Crippen molar-refractivity contribution in [1.29, 1.82) is 0 Å². The molecular weight excluding hydrogens is 382 g/mol. The highest BCUT2D eigenvalue weighted by Crippen LogP contribution is 2.13. The molecule has 3 aromatic rings. The van der Waals surface area contributed by atoms with E-state index >= 15 is 0 Å². The van der Waals surface area contributed by atoms with Gasteiger partial charge >= 0.3 is 0 Å². The Kier molecular flexibility index (Phi) is 5.71. The second kappa shape index (κ2) is 8.16. The molecule has 3 rings (SSSR count). The van der Waals surface area contributed by atoms with Gasteiger partial charge in [0, 0.05) is 23.3 Å². The summed E-state index contributed by atoms with van der Waals surface area (Å²) in [6, 6.07) is 11.8. The lowest BCUT2D eigenvalue weighted by atomic mass is 10.2. The van der Waals surface area contributed by atoms with Crippen molar-refractivity contribution in [3.8, 4) is 5.75 Å². The molecule has 6 heteroatoms. The number of pyridine rings is 1. The van der Waals surface area contributed by atoms with Crippen molar-refractivity contribution in [2.45, 2.75) is 26.3 Å². The molecule has 0 aliphatic rings. The van der Waals surface area contributed by atoms with Gasteiger partial charge in [-0.05, 0) is 59.1 Å². The average molecular weight is 402 g/mol. The molecule has 0 saturated heterocycles. The molecule has 1 amide bonds. The smallest absolute Gasteiger partial charge is 0.220 e. The van der Waals surface area contributed by atoms with Gasteiger partial charge in [0.25, 0.3) is 0 Å². The SMILES string of the molecule is Cc1cccc(OCCCC(=O)NCc2cn3cc(Br)ccc3n2)c1. The van der Waals surface area contributed by atoms with E-state index in [2.05, 4.69) is 26.2 Å². The molecule has 0 fully saturated rings. The van der Waals surface area contributed by atoms with Gasteiger partial charge in [0.2, 0.25) is 5.91 Å². The first kappa shape index (κ1) is 17.5. The van der Waals surface area contributed by atoms with E-state index in [1.54, 1.807) is 0 Å². The Bertz CT molecular complexity index is 876. The van der Waals surface area contributed by atoms with Gasteiger partial charge in [-0.2, -0.15) is 0 Å². The molecule has 0 aliphatic carbocycles. The van der Waals surface area contributed by atoms with Crippen molar-refractivity contribution < 1.29 is 9.53 Å². The summed E-state index contributed by atoms with van der Waals surface area (Å²) in [5.41, 5.74) is 2.86. The molecule has 0 atom stereocenters. The number of benzene rings is 1. The molecule has 130 valence electrons. The van der Waals surface area contributed by atoms with Gasteiger partial charge in [0.15, 0.2) is 0 Å². The highest BCUT2D eigenvalue weighted by molar-refractivity contribution is 9.10. The fourth-order valence-electron chi connectivity index (χ4n) is 2.51. The largest absolute Gasteiger partial charge is 0.494 e.